The van der Waals surface area contributed by atoms with E-state index in [1.54, 1.807) is 12.4 Å². The quantitative estimate of drug-likeness (QED) is 0.871. The summed E-state index contributed by atoms with van der Waals surface area (Å²) in [6.45, 7) is 4.61. The van der Waals surface area contributed by atoms with Gasteiger partial charge >= 0.3 is 6.03 Å². The normalized spacial score (nSPS) is 19.1. The number of carbonyl (C=O) groups excluding carboxylic acids is 1. The Morgan fingerprint density at radius 3 is 2.91 bits per heavy atom. The summed E-state index contributed by atoms with van der Waals surface area (Å²) in [5, 5.41) is 9.82. The van der Waals surface area contributed by atoms with Crippen LogP contribution in [0.4, 0.5) is 4.79 Å². The summed E-state index contributed by atoms with van der Waals surface area (Å²) in [5.74, 6) is 0.982. The summed E-state index contributed by atoms with van der Waals surface area (Å²) < 4.78 is 2.01. The topological polar surface area (TPSA) is 82.1 Å². The number of H-pyrrole nitrogens is 1. The molecule has 1 fully saturated rings. The van der Waals surface area contributed by atoms with Gasteiger partial charge in [-0.25, -0.2) is 9.78 Å². The lowest BCUT2D eigenvalue weighted by molar-refractivity contribution is 0.104. The molecule has 8 nitrogen and oxygen atoms in total. The summed E-state index contributed by atoms with van der Waals surface area (Å²) in [4.78, 5) is 21.0. The Bertz CT molecular complexity index is 677. The van der Waals surface area contributed by atoms with Crippen LogP contribution in [0.15, 0.2) is 18.6 Å². The van der Waals surface area contributed by atoms with Crippen molar-refractivity contribution in [1.82, 2.24) is 34.9 Å². The SMILES string of the molecule is Cc1[nH]ncc1CNC(=O)N1CCN(C)[C@H](c2nccn2C)C1. The van der Waals surface area contributed by atoms with E-state index in [1.807, 2.05) is 29.6 Å². The van der Waals surface area contributed by atoms with Gasteiger partial charge in [0.25, 0.3) is 0 Å². The number of urea groups is 1. The lowest BCUT2D eigenvalue weighted by atomic mass is 10.1. The highest BCUT2D eigenvalue weighted by atomic mass is 16.2. The van der Waals surface area contributed by atoms with Crippen LogP contribution >= 0.6 is 0 Å². The minimum absolute atomic E-state index is 0.0436. The molecule has 8 heteroatoms. The van der Waals surface area contributed by atoms with Crippen LogP contribution in [0, 0.1) is 6.92 Å². The second-order valence-electron chi connectivity index (χ2n) is 6.02. The molecule has 23 heavy (non-hydrogen) atoms. The second kappa shape index (κ2) is 6.41. The number of imidazole rings is 1. The van der Waals surface area contributed by atoms with E-state index in [0.717, 1.165) is 23.6 Å². The molecular weight excluding hydrogens is 294 g/mol. The highest BCUT2D eigenvalue weighted by Gasteiger charge is 2.30. The number of aromatic amines is 1. The largest absolute Gasteiger partial charge is 0.337 e. The van der Waals surface area contributed by atoms with Gasteiger partial charge in [0.05, 0.1) is 12.2 Å². The van der Waals surface area contributed by atoms with Crippen molar-refractivity contribution >= 4 is 6.03 Å². The first-order valence-electron chi connectivity index (χ1n) is 7.75. The molecule has 0 aliphatic carbocycles. The summed E-state index contributed by atoms with van der Waals surface area (Å²) in [5.41, 5.74) is 1.99. The van der Waals surface area contributed by atoms with E-state index in [-0.39, 0.29) is 12.1 Å². The number of nitrogens with zero attached hydrogens (tertiary/aromatic N) is 5. The molecule has 1 atom stereocenters. The lowest BCUT2D eigenvalue weighted by Crippen LogP contribution is -2.52. The van der Waals surface area contributed by atoms with Gasteiger partial charge in [-0.1, -0.05) is 0 Å². The monoisotopic (exact) mass is 317 g/mol. The van der Waals surface area contributed by atoms with Crippen molar-refractivity contribution in [3.8, 4) is 0 Å². The number of aryl methyl sites for hydroxylation is 2. The highest BCUT2D eigenvalue weighted by molar-refractivity contribution is 5.74. The fraction of sp³-hybridized carbons (Fsp3) is 0.533. The molecule has 2 aromatic heterocycles. The first kappa shape index (κ1) is 15.5. The third-order valence-corrected chi connectivity index (χ3v) is 4.46. The maximum Gasteiger partial charge on any atom is 0.317 e. The van der Waals surface area contributed by atoms with Crippen LogP contribution < -0.4 is 5.32 Å². The molecule has 3 rings (SSSR count). The van der Waals surface area contributed by atoms with E-state index in [2.05, 4.69) is 32.4 Å². The number of nitrogens with one attached hydrogen (secondary N) is 2. The predicted molar refractivity (Wildman–Crippen MR) is 85.7 cm³/mol. The maximum atomic E-state index is 12.4. The van der Waals surface area contributed by atoms with Crippen LogP contribution in [-0.4, -0.2) is 62.3 Å². The molecule has 0 spiro atoms. The van der Waals surface area contributed by atoms with Crippen molar-refractivity contribution in [3.05, 3.63) is 35.7 Å². The average Bonchev–Trinajstić information content (AvgIpc) is 3.14. The second-order valence-corrected chi connectivity index (χ2v) is 6.02. The van der Waals surface area contributed by atoms with Crippen molar-refractivity contribution in [3.63, 3.8) is 0 Å². The fourth-order valence-corrected chi connectivity index (χ4v) is 2.87. The molecule has 2 aromatic rings. The zero-order valence-electron chi connectivity index (χ0n) is 13.8. The number of carbonyl (C=O) groups is 1. The van der Waals surface area contributed by atoms with Crippen LogP contribution in [0.25, 0.3) is 0 Å². The van der Waals surface area contributed by atoms with Gasteiger partial charge in [-0.05, 0) is 14.0 Å². The third-order valence-electron chi connectivity index (χ3n) is 4.46. The minimum atomic E-state index is -0.0436. The molecule has 1 saturated heterocycles. The molecule has 2 N–H and O–H groups in total. The number of amides is 2. The molecule has 1 aliphatic rings. The third kappa shape index (κ3) is 3.21. The van der Waals surface area contributed by atoms with E-state index in [4.69, 9.17) is 0 Å². The molecule has 0 aromatic carbocycles. The van der Waals surface area contributed by atoms with Crippen molar-refractivity contribution in [2.45, 2.75) is 19.5 Å². The smallest absolute Gasteiger partial charge is 0.317 e. The summed E-state index contributed by atoms with van der Waals surface area (Å²) in [7, 11) is 4.06. The van der Waals surface area contributed by atoms with Crippen molar-refractivity contribution < 1.29 is 4.79 Å². The predicted octanol–water partition coefficient (Wildman–Crippen LogP) is 0.650. The molecule has 3 heterocycles. The van der Waals surface area contributed by atoms with Gasteiger partial charge < -0.3 is 14.8 Å². The van der Waals surface area contributed by atoms with Gasteiger partial charge in [0.2, 0.25) is 0 Å². The Morgan fingerprint density at radius 2 is 2.26 bits per heavy atom. The number of likely N-dealkylation sites (N-methyl/N-ethyl adjacent to an activating group) is 1. The zero-order valence-corrected chi connectivity index (χ0v) is 13.8. The van der Waals surface area contributed by atoms with Gasteiger partial charge in [0.15, 0.2) is 0 Å². The van der Waals surface area contributed by atoms with E-state index >= 15 is 0 Å². The molecule has 0 radical (unpaired) electrons. The molecule has 0 bridgehead atoms. The molecular formula is C15H23N7O. The van der Waals surface area contributed by atoms with Gasteiger partial charge in [-0.15, -0.1) is 0 Å². The molecule has 2 amide bonds. The summed E-state index contributed by atoms with van der Waals surface area (Å²) >= 11 is 0. The number of aromatic nitrogens is 4. The Kier molecular flexibility index (Phi) is 4.33. The molecule has 0 saturated carbocycles. The van der Waals surface area contributed by atoms with E-state index in [0.29, 0.717) is 19.6 Å². The first-order chi connectivity index (χ1) is 11.1. The van der Waals surface area contributed by atoms with Gasteiger partial charge in [-0.3, -0.25) is 10.00 Å². The Labute approximate surface area is 135 Å². The highest BCUT2D eigenvalue weighted by Crippen LogP contribution is 2.22. The number of hydrogen-bond donors (Lipinski definition) is 2. The number of hydrogen-bond acceptors (Lipinski definition) is 4. The van der Waals surface area contributed by atoms with Crippen molar-refractivity contribution in [1.29, 1.82) is 0 Å². The zero-order chi connectivity index (χ0) is 16.4. The molecule has 124 valence electrons. The summed E-state index contributed by atoms with van der Waals surface area (Å²) in [6, 6.07) is 0.0723. The van der Waals surface area contributed by atoms with Crippen LogP contribution in [0.1, 0.15) is 23.1 Å². The van der Waals surface area contributed by atoms with Crippen LogP contribution in [0.5, 0.6) is 0 Å². The van der Waals surface area contributed by atoms with Gasteiger partial charge in [0, 0.05) is 56.9 Å². The molecule has 0 unspecified atom stereocenters. The average molecular weight is 317 g/mol. The number of rotatable bonds is 3. The Morgan fingerprint density at radius 1 is 1.43 bits per heavy atom. The summed E-state index contributed by atoms with van der Waals surface area (Å²) in [6.07, 6.45) is 5.48. The fourth-order valence-electron chi connectivity index (χ4n) is 2.87. The van der Waals surface area contributed by atoms with E-state index < -0.39 is 0 Å². The maximum absolute atomic E-state index is 12.4. The molecule has 1 aliphatic heterocycles. The lowest BCUT2D eigenvalue weighted by Gasteiger charge is -2.38. The van der Waals surface area contributed by atoms with Crippen LogP contribution in [-0.2, 0) is 13.6 Å². The van der Waals surface area contributed by atoms with E-state index in [9.17, 15) is 4.79 Å². The van der Waals surface area contributed by atoms with Gasteiger partial charge in [-0.2, -0.15) is 5.10 Å². The number of piperazine rings is 1. The van der Waals surface area contributed by atoms with E-state index in [1.165, 1.54) is 0 Å². The van der Waals surface area contributed by atoms with Crippen LogP contribution in [0.2, 0.25) is 0 Å². The van der Waals surface area contributed by atoms with Crippen molar-refractivity contribution in [2.24, 2.45) is 7.05 Å². The standard InChI is InChI=1S/C15H23N7O/c1-11-12(9-18-19-11)8-17-15(23)22-7-6-20(2)13(10-22)14-16-4-5-21(14)3/h4-5,9,13H,6-8,10H2,1-3H3,(H,17,23)(H,18,19)/t13-/m0/s1. The van der Waals surface area contributed by atoms with Gasteiger partial charge in [0.1, 0.15) is 5.82 Å². The first-order valence-corrected chi connectivity index (χ1v) is 7.75. The van der Waals surface area contributed by atoms with Crippen molar-refractivity contribution in [2.75, 3.05) is 26.7 Å². The Hall–Kier alpha value is -2.35. The minimum Gasteiger partial charge on any atom is -0.337 e. The van der Waals surface area contributed by atoms with Crippen LogP contribution in [0.3, 0.4) is 0 Å². The Balaban J connectivity index is 1.63.